The second-order valence-corrected chi connectivity index (χ2v) is 5.41. The number of piperidine rings is 1. The minimum absolute atomic E-state index is 0.273. The Hall–Kier alpha value is -1.66. The Morgan fingerprint density at radius 2 is 2.00 bits per heavy atom. The molecule has 1 aliphatic rings. The third-order valence-corrected chi connectivity index (χ3v) is 3.83. The highest BCUT2D eigenvalue weighted by Gasteiger charge is 2.22. The van der Waals surface area contributed by atoms with Crippen LogP contribution in [0.25, 0.3) is 0 Å². The van der Waals surface area contributed by atoms with Gasteiger partial charge in [0.2, 0.25) is 0 Å². The molecule has 1 amide bonds. The first-order valence-corrected chi connectivity index (χ1v) is 7.13. The summed E-state index contributed by atoms with van der Waals surface area (Å²) in [4.78, 5) is 12.2. The molecule has 1 fully saturated rings. The van der Waals surface area contributed by atoms with Gasteiger partial charge in [-0.3, -0.25) is 0 Å². The van der Waals surface area contributed by atoms with Crippen LogP contribution in [0.15, 0.2) is 24.3 Å². The van der Waals surface area contributed by atoms with Crippen molar-refractivity contribution < 1.29 is 19.0 Å². The zero-order valence-electron chi connectivity index (χ0n) is 11.9. The van der Waals surface area contributed by atoms with Crippen molar-refractivity contribution in [3.05, 3.63) is 35.6 Å². The number of carbonyl (C=O) groups is 1. The van der Waals surface area contributed by atoms with E-state index in [1.165, 1.54) is 17.0 Å². The molecule has 1 aliphatic heterocycles. The molecule has 0 spiro atoms. The van der Waals surface area contributed by atoms with Gasteiger partial charge in [0, 0.05) is 19.7 Å². The number of amides is 1. The van der Waals surface area contributed by atoms with Crippen molar-refractivity contribution in [3.63, 3.8) is 0 Å². The van der Waals surface area contributed by atoms with Crippen LogP contribution in [0.1, 0.15) is 24.4 Å². The first-order valence-electron chi connectivity index (χ1n) is 7.13. The summed E-state index contributed by atoms with van der Waals surface area (Å²) in [5.41, 5.74) is 6.83. The zero-order valence-corrected chi connectivity index (χ0v) is 11.9. The molecule has 0 bridgehead atoms. The maximum absolute atomic E-state index is 12.8. The van der Waals surface area contributed by atoms with Crippen molar-refractivity contribution >= 4 is 6.09 Å². The molecule has 0 aromatic heterocycles. The van der Waals surface area contributed by atoms with Crippen molar-refractivity contribution in [1.82, 2.24) is 4.90 Å². The van der Waals surface area contributed by atoms with Crippen LogP contribution in [-0.2, 0) is 4.74 Å². The van der Waals surface area contributed by atoms with Gasteiger partial charge in [-0.15, -0.1) is 0 Å². The number of nitrogens with zero attached hydrogens (tertiary/aromatic N) is 1. The number of nitrogens with two attached hydrogens (primary N) is 1. The van der Waals surface area contributed by atoms with Crippen LogP contribution in [0.4, 0.5) is 9.18 Å². The molecule has 1 atom stereocenters. The molecule has 0 radical (unpaired) electrons. The van der Waals surface area contributed by atoms with Gasteiger partial charge in [-0.2, -0.15) is 0 Å². The summed E-state index contributed by atoms with van der Waals surface area (Å²) in [6, 6.07) is 5.82. The fraction of sp³-hybridized carbons (Fsp3) is 0.533. The predicted molar refractivity (Wildman–Crippen MR) is 76.5 cm³/mol. The molecular weight excluding hydrogens is 275 g/mol. The Morgan fingerprint density at radius 3 is 2.57 bits per heavy atom. The monoisotopic (exact) mass is 296 g/mol. The van der Waals surface area contributed by atoms with Gasteiger partial charge < -0.3 is 20.5 Å². The van der Waals surface area contributed by atoms with Crippen LogP contribution in [0.2, 0.25) is 0 Å². The molecule has 116 valence electrons. The quantitative estimate of drug-likeness (QED) is 0.873. The maximum atomic E-state index is 12.8. The minimum atomic E-state index is -0.854. The molecule has 1 saturated heterocycles. The Bertz CT molecular complexity index is 458. The molecule has 1 heterocycles. The summed E-state index contributed by atoms with van der Waals surface area (Å²) >= 11 is 0. The second kappa shape index (κ2) is 7.38. The zero-order chi connectivity index (χ0) is 15.2. The molecule has 0 saturated carbocycles. The molecule has 1 unspecified atom stereocenters. The van der Waals surface area contributed by atoms with Gasteiger partial charge in [-0.1, -0.05) is 12.1 Å². The van der Waals surface area contributed by atoms with Crippen LogP contribution in [0.3, 0.4) is 0 Å². The lowest BCUT2D eigenvalue weighted by molar-refractivity contribution is 0.0588. The largest absolute Gasteiger partial charge is 0.465 e. The Balaban J connectivity index is 1.68. The van der Waals surface area contributed by atoms with Gasteiger partial charge in [0.15, 0.2) is 0 Å². The minimum Gasteiger partial charge on any atom is -0.465 e. The van der Waals surface area contributed by atoms with E-state index < -0.39 is 6.09 Å². The van der Waals surface area contributed by atoms with E-state index in [0.717, 1.165) is 18.4 Å². The molecular formula is C15H21FN2O3. The van der Waals surface area contributed by atoms with Gasteiger partial charge in [0.05, 0.1) is 12.6 Å². The van der Waals surface area contributed by atoms with Crippen molar-refractivity contribution in [2.45, 2.75) is 18.9 Å². The SMILES string of the molecule is NC(COCC1CCN(C(=O)O)CC1)c1ccc(F)cc1. The molecule has 21 heavy (non-hydrogen) atoms. The van der Waals surface area contributed by atoms with E-state index in [1.54, 1.807) is 12.1 Å². The number of halogens is 1. The van der Waals surface area contributed by atoms with E-state index in [-0.39, 0.29) is 11.9 Å². The maximum Gasteiger partial charge on any atom is 0.407 e. The summed E-state index contributed by atoms with van der Waals surface area (Å²) in [5, 5.41) is 8.87. The molecule has 5 nitrogen and oxygen atoms in total. The molecule has 1 aromatic carbocycles. The highest BCUT2D eigenvalue weighted by molar-refractivity contribution is 5.64. The fourth-order valence-corrected chi connectivity index (χ4v) is 2.46. The van der Waals surface area contributed by atoms with Crippen LogP contribution >= 0.6 is 0 Å². The molecule has 1 aromatic rings. The van der Waals surface area contributed by atoms with E-state index >= 15 is 0 Å². The lowest BCUT2D eigenvalue weighted by atomic mass is 9.98. The van der Waals surface area contributed by atoms with Crippen molar-refractivity contribution in [2.75, 3.05) is 26.3 Å². The standard InChI is InChI=1S/C15H21FN2O3/c16-13-3-1-12(2-4-13)14(17)10-21-9-11-5-7-18(8-6-11)15(19)20/h1-4,11,14H,5-10,17H2,(H,19,20). The summed E-state index contributed by atoms with van der Waals surface area (Å²) < 4.78 is 18.4. The number of likely N-dealkylation sites (tertiary alicyclic amines) is 1. The number of carboxylic acid groups (broad SMARTS) is 1. The van der Waals surface area contributed by atoms with Crippen LogP contribution < -0.4 is 5.73 Å². The molecule has 0 aliphatic carbocycles. The highest BCUT2D eigenvalue weighted by Crippen LogP contribution is 2.18. The van der Waals surface area contributed by atoms with Gasteiger partial charge in [0.25, 0.3) is 0 Å². The van der Waals surface area contributed by atoms with Crippen LogP contribution in [0.5, 0.6) is 0 Å². The number of ether oxygens (including phenoxy) is 1. The summed E-state index contributed by atoms with van der Waals surface area (Å²) in [5.74, 6) is 0.0954. The average Bonchev–Trinajstić information content (AvgIpc) is 2.48. The van der Waals surface area contributed by atoms with Crippen molar-refractivity contribution in [2.24, 2.45) is 11.7 Å². The predicted octanol–water partition coefficient (Wildman–Crippen LogP) is 2.23. The first-order chi connectivity index (χ1) is 10.1. The third kappa shape index (κ3) is 4.68. The highest BCUT2D eigenvalue weighted by atomic mass is 19.1. The smallest absolute Gasteiger partial charge is 0.407 e. The molecule has 2 rings (SSSR count). The number of hydrogen-bond donors (Lipinski definition) is 2. The van der Waals surface area contributed by atoms with Crippen LogP contribution in [0, 0.1) is 11.7 Å². The lowest BCUT2D eigenvalue weighted by Gasteiger charge is -2.30. The number of hydrogen-bond acceptors (Lipinski definition) is 3. The Labute approximate surface area is 123 Å². The third-order valence-electron chi connectivity index (χ3n) is 3.83. The summed E-state index contributed by atoms with van der Waals surface area (Å²) in [6.07, 6.45) is 0.781. The van der Waals surface area contributed by atoms with E-state index in [4.69, 9.17) is 15.6 Å². The summed E-state index contributed by atoms with van der Waals surface area (Å²) in [6.45, 7) is 2.09. The molecule has 3 N–H and O–H groups in total. The van der Waals surface area contributed by atoms with Crippen molar-refractivity contribution in [1.29, 1.82) is 0 Å². The van der Waals surface area contributed by atoms with Gasteiger partial charge in [0.1, 0.15) is 5.82 Å². The number of rotatable bonds is 5. The summed E-state index contributed by atoms with van der Waals surface area (Å²) in [7, 11) is 0. The Morgan fingerprint density at radius 1 is 1.38 bits per heavy atom. The van der Waals surface area contributed by atoms with E-state index in [1.807, 2.05) is 0 Å². The lowest BCUT2D eigenvalue weighted by Crippen LogP contribution is -2.38. The van der Waals surface area contributed by atoms with Gasteiger partial charge in [-0.05, 0) is 36.5 Å². The van der Waals surface area contributed by atoms with E-state index in [0.29, 0.717) is 32.2 Å². The van der Waals surface area contributed by atoms with Crippen molar-refractivity contribution in [3.8, 4) is 0 Å². The number of benzene rings is 1. The second-order valence-electron chi connectivity index (χ2n) is 5.41. The van der Waals surface area contributed by atoms with E-state index in [2.05, 4.69) is 0 Å². The van der Waals surface area contributed by atoms with Crippen LogP contribution in [-0.4, -0.2) is 42.4 Å². The van der Waals surface area contributed by atoms with E-state index in [9.17, 15) is 9.18 Å². The van der Waals surface area contributed by atoms with Gasteiger partial charge in [-0.25, -0.2) is 9.18 Å². The first kappa shape index (κ1) is 15.7. The fourth-order valence-electron chi connectivity index (χ4n) is 2.46. The topological polar surface area (TPSA) is 75.8 Å². The average molecular weight is 296 g/mol. The van der Waals surface area contributed by atoms with Gasteiger partial charge >= 0.3 is 6.09 Å². The Kier molecular flexibility index (Phi) is 5.52. The normalized spacial score (nSPS) is 17.7. The molecule has 6 heteroatoms.